The van der Waals surface area contributed by atoms with E-state index in [-0.39, 0.29) is 19.0 Å². The van der Waals surface area contributed by atoms with Gasteiger partial charge in [-0.15, -0.1) is 0 Å². The first-order valence-corrected chi connectivity index (χ1v) is 5.85. The van der Waals surface area contributed by atoms with Gasteiger partial charge in [0.05, 0.1) is 13.1 Å². The Hall–Kier alpha value is -1.10. The molecule has 0 aromatic rings. The minimum absolute atomic E-state index is 0.0581. The van der Waals surface area contributed by atoms with Crippen molar-refractivity contribution >= 4 is 11.9 Å². The molecule has 1 aliphatic rings. The highest BCUT2D eigenvalue weighted by Crippen LogP contribution is 2.09. The maximum atomic E-state index is 11.8. The van der Waals surface area contributed by atoms with Crippen LogP contribution in [-0.4, -0.2) is 59.5 Å². The summed E-state index contributed by atoms with van der Waals surface area (Å²) < 4.78 is 0. The smallest absolute Gasteiger partial charge is 0.317 e. The van der Waals surface area contributed by atoms with Crippen molar-refractivity contribution in [3.05, 3.63) is 0 Å². The standard InChI is InChI=1S/C11H20N2O3/c1-2-12(9-11(15)16)8-10(14)13-6-4-3-5-7-13/h2-9H2,1H3,(H,15,16). The average Bonchev–Trinajstić information content (AvgIpc) is 2.28. The van der Waals surface area contributed by atoms with Gasteiger partial charge in [-0.2, -0.15) is 0 Å². The molecule has 0 aliphatic carbocycles. The summed E-state index contributed by atoms with van der Waals surface area (Å²) in [7, 11) is 0. The highest BCUT2D eigenvalue weighted by atomic mass is 16.4. The van der Waals surface area contributed by atoms with Crippen LogP contribution in [0.15, 0.2) is 0 Å². The fourth-order valence-electron chi connectivity index (χ4n) is 1.91. The molecule has 1 saturated heterocycles. The molecule has 0 aromatic heterocycles. The number of likely N-dealkylation sites (N-methyl/N-ethyl adjacent to an activating group) is 1. The Bertz CT molecular complexity index is 250. The van der Waals surface area contributed by atoms with Crippen molar-refractivity contribution in [2.75, 3.05) is 32.7 Å². The zero-order valence-electron chi connectivity index (χ0n) is 9.81. The summed E-state index contributed by atoms with van der Waals surface area (Å²) in [5.74, 6) is -0.823. The Balaban J connectivity index is 2.38. The van der Waals surface area contributed by atoms with Crippen molar-refractivity contribution in [2.45, 2.75) is 26.2 Å². The predicted molar refractivity (Wildman–Crippen MR) is 60.2 cm³/mol. The molecule has 5 heteroatoms. The summed E-state index contributed by atoms with van der Waals surface area (Å²) in [6.07, 6.45) is 3.32. The third kappa shape index (κ3) is 4.18. The Morgan fingerprint density at radius 3 is 2.31 bits per heavy atom. The Morgan fingerprint density at radius 1 is 1.19 bits per heavy atom. The van der Waals surface area contributed by atoms with E-state index in [2.05, 4.69) is 0 Å². The monoisotopic (exact) mass is 228 g/mol. The number of carboxylic acids is 1. The van der Waals surface area contributed by atoms with E-state index in [1.165, 1.54) is 6.42 Å². The van der Waals surface area contributed by atoms with E-state index in [9.17, 15) is 9.59 Å². The van der Waals surface area contributed by atoms with Gasteiger partial charge in [-0.3, -0.25) is 14.5 Å². The number of carbonyl (C=O) groups is 2. The topological polar surface area (TPSA) is 60.9 Å². The molecule has 1 amide bonds. The number of carbonyl (C=O) groups excluding carboxylic acids is 1. The molecular weight excluding hydrogens is 208 g/mol. The van der Waals surface area contributed by atoms with Crippen molar-refractivity contribution in [3.8, 4) is 0 Å². The highest BCUT2D eigenvalue weighted by molar-refractivity contribution is 5.79. The third-order valence-electron chi connectivity index (χ3n) is 2.87. The normalized spacial score (nSPS) is 16.5. The minimum Gasteiger partial charge on any atom is -0.480 e. The van der Waals surface area contributed by atoms with Crippen molar-refractivity contribution in [2.24, 2.45) is 0 Å². The van der Waals surface area contributed by atoms with Crippen LogP contribution >= 0.6 is 0 Å². The van der Waals surface area contributed by atoms with Crippen LogP contribution in [0.2, 0.25) is 0 Å². The van der Waals surface area contributed by atoms with E-state index in [0.29, 0.717) is 6.54 Å². The lowest BCUT2D eigenvalue weighted by Gasteiger charge is -2.29. The molecule has 0 aromatic carbocycles. The first-order valence-electron chi connectivity index (χ1n) is 5.85. The molecule has 16 heavy (non-hydrogen) atoms. The van der Waals surface area contributed by atoms with Crippen LogP contribution in [0.1, 0.15) is 26.2 Å². The predicted octanol–water partition coefficient (Wildman–Crippen LogP) is 0.405. The van der Waals surface area contributed by atoms with E-state index in [0.717, 1.165) is 25.9 Å². The number of carboxylic acid groups (broad SMARTS) is 1. The molecule has 0 radical (unpaired) electrons. The van der Waals surface area contributed by atoms with E-state index in [1.54, 1.807) is 4.90 Å². The lowest BCUT2D eigenvalue weighted by molar-refractivity contribution is -0.139. The number of piperidine rings is 1. The average molecular weight is 228 g/mol. The highest BCUT2D eigenvalue weighted by Gasteiger charge is 2.19. The number of hydrogen-bond acceptors (Lipinski definition) is 3. The Morgan fingerprint density at radius 2 is 1.81 bits per heavy atom. The molecule has 92 valence electrons. The van der Waals surface area contributed by atoms with Gasteiger partial charge in [0.2, 0.25) is 5.91 Å². The van der Waals surface area contributed by atoms with Crippen LogP contribution in [0.5, 0.6) is 0 Å². The quantitative estimate of drug-likeness (QED) is 0.740. The second kappa shape index (κ2) is 6.48. The first-order chi connectivity index (χ1) is 7.63. The van der Waals surface area contributed by atoms with Crippen LogP contribution in [0.4, 0.5) is 0 Å². The molecule has 0 unspecified atom stereocenters. The molecule has 1 rings (SSSR count). The van der Waals surface area contributed by atoms with Gasteiger partial charge in [0, 0.05) is 13.1 Å². The van der Waals surface area contributed by atoms with Gasteiger partial charge in [0.1, 0.15) is 0 Å². The van der Waals surface area contributed by atoms with Gasteiger partial charge in [-0.25, -0.2) is 0 Å². The number of rotatable bonds is 5. The molecule has 0 bridgehead atoms. The molecule has 1 heterocycles. The van der Waals surface area contributed by atoms with Crippen LogP contribution in [0.25, 0.3) is 0 Å². The van der Waals surface area contributed by atoms with Gasteiger partial charge in [-0.1, -0.05) is 6.92 Å². The number of amides is 1. The number of likely N-dealkylation sites (tertiary alicyclic amines) is 1. The second-order valence-electron chi connectivity index (χ2n) is 4.14. The van der Waals surface area contributed by atoms with E-state index >= 15 is 0 Å². The van der Waals surface area contributed by atoms with E-state index in [1.807, 2.05) is 11.8 Å². The number of aliphatic carboxylic acids is 1. The maximum absolute atomic E-state index is 11.8. The van der Waals surface area contributed by atoms with Crippen LogP contribution in [0.3, 0.4) is 0 Å². The molecular formula is C11H20N2O3. The summed E-state index contributed by atoms with van der Waals surface area (Å²) >= 11 is 0. The summed E-state index contributed by atoms with van der Waals surface area (Å²) in [6.45, 7) is 4.27. The summed E-state index contributed by atoms with van der Waals surface area (Å²) in [6, 6.07) is 0. The summed E-state index contributed by atoms with van der Waals surface area (Å²) in [5.41, 5.74) is 0. The van der Waals surface area contributed by atoms with E-state index in [4.69, 9.17) is 5.11 Å². The molecule has 5 nitrogen and oxygen atoms in total. The molecule has 0 atom stereocenters. The SMILES string of the molecule is CCN(CC(=O)O)CC(=O)N1CCCCC1. The molecule has 0 saturated carbocycles. The Labute approximate surface area is 96.0 Å². The van der Waals surface area contributed by atoms with Gasteiger partial charge in [-0.05, 0) is 25.8 Å². The van der Waals surface area contributed by atoms with Crippen LogP contribution < -0.4 is 0 Å². The van der Waals surface area contributed by atoms with Crippen molar-refractivity contribution in [1.29, 1.82) is 0 Å². The van der Waals surface area contributed by atoms with Gasteiger partial charge >= 0.3 is 5.97 Å². The fraction of sp³-hybridized carbons (Fsp3) is 0.818. The first kappa shape index (κ1) is 13.0. The zero-order valence-corrected chi connectivity index (χ0v) is 9.81. The van der Waals surface area contributed by atoms with E-state index < -0.39 is 5.97 Å². The van der Waals surface area contributed by atoms with Crippen LogP contribution in [0, 0.1) is 0 Å². The molecule has 1 fully saturated rings. The number of nitrogens with zero attached hydrogens (tertiary/aromatic N) is 2. The Kier molecular flexibility index (Phi) is 5.25. The molecule has 0 spiro atoms. The van der Waals surface area contributed by atoms with Crippen molar-refractivity contribution in [3.63, 3.8) is 0 Å². The lowest BCUT2D eigenvalue weighted by atomic mass is 10.1. The zero-order chi connectivity index (χ0) is 12.0. The fourth-order valence-corrected chi connectivity index (χ4v) is 1.91. The largest absolute Gasteiger partial charge is 0.480 e. The summed E-state index contributed by atoms with van der Waals surface area (Å²) in [4.78, 5) is 25.9. The molecule has 1 N–H and O–H groups in total. The second-order valence-corrected chi connectivity index (χ2v) is 4.14. The van der Waals surface area contributed by atoms with Gasteiger partial charge in [0.15, 0.2) is 0 Å². The van der Waals surface area contributed by atoms with Gasteiger partial charge < -0.3 is 10.0 Å². The molecule has 1 aliphatic heterocycles. The van der Waals surface area contributed by atoms with Gasteiger partial charge in [0.25, 0.3) is 0 Å². The maximum Gasteiger partial charge on any atom is 0.317 e. The number of hydrogen-bond donors (Lipinski definition) is 1. The minimum atomic E-state index is -0.881. The lowest BCUT2D eigenvalue weighted by Crippen LogP contribution is -2.44. The van der Waals surface area contributed by atoms with Crippen molar-refractivity contribution < 1.29 is 14.7 Å². The third-order valence-corrected chi connectivity index (χ3v) is 2.87. The van der Waals surface area contributed by atoms with Crippen LogP contribution in [-0.2, 0) is 9.59 Å². The van der Waals surface area contributed by atoms with Crippen molar-refractivity contribution in [1.82, 2.24) is 9.80 Å². The summed E-state index contributed by atoms with van der Waals surface area (Å²) in [5, 5.41) is 8.67.